The van der Waals surface area contributed by atoms with Crippen molar-refractivity contribution in [2.45, 2.75) is 271 Å². The molecule has 0 aliphatic carbocycles. The van der Waals surface area contributed by atoms with Crippen molar-refractivity contribution < 1.29 is 28.9 Å². The van der Waals surface area contributed by atoms with E-state index in [4.69, 9.17) is 19.3 Å². The minimum absolute atomic E-state index is 0.00709. The van der Waals surface area contributed by atoms with E-state index in [2.05, 4.69) is 25.7 Å². The van der Waals surface area contributed by atoms with Gasteiger partial charge in [-0.2, -0.15) is 0 Å². The van der Waals surface area contributed by atoms with Crippen molar-refractivity contribution >= 4 is 12.1 Å². The Morgan fingerprint density at radius 2 is 0.772 bits per heavy atom. The summed E-state index contributed by atoms with van der Waals surface area (Å²) < 4.78 is 16.8. The van der Waals surface area contributed by atoms with Gasteiger partial charge in [-0.1, -0.05) is 188 Å². The molecule has 0 aromatic rings. The van der Waals surface area contributed by atoms with Gasteiger partial charge >= 0.3 is 12.1 Å². The highest BCUT2D eigenvalue weighted by atomic mass is 16.7. The zero-order valence-electron chi connectivity index (χ0n) is 38.6. The third-order valence-electron chi connectivity index (χ3n) is 11.6. The van der Waals surface area contributed by atoms with E-state index in [1.807, 2.05) is 0 Å². The fourth-order valence-electron chi connectivity index (χ4n) is 7.80. The third kappa shape index (κ3) is 44.1. The maximum absolute atomic E-state index is 12.5. The molecule has 1 N–H and O–H groups in total. The molecule has 0 spiro atoms. The van der Waals surface area contributed by atoms with Crippen molar-refractivity contribution in [2.24, 2.45) is 0 Å². The number of carbonyl (C=O) groups is 2. The van der Waals surface area contributed by atoms with Crippen molar-refractivity contribution in [3.05, 3.63) is 0 Å². The van der Waals surface area contributed by atoms with Crippen molar-refractivity contribution in [3.8, 4) is 0 Å². The molecule has 0 saturated carbocycles. The summed E-state index contributed by atoms with van der Waals surface area (Å²) in [7, 11) is 0. The number of rotatable bonds is 47. The maximum atomic E-state index is 12.5. The first-order chi connectivity index (χ1) is 28.1. The molecule has 57 heavy (non-hydrogen) atoms. The summed E-state index contributed by atoms with van der Waals surface area (Å²) in [5, 5.41) is 9.13. The number of carbonyl (C=O) groups excluding carboxylic acids is 2. The van der Waals surface area contributed by atoms with E-state index in [0.29, 0.717) is 26.2 Å². The Bertz CT molecular complexity index is 810. The summed E-state index contributed by atoms with van der Waals surface area (Å²) >= 11 is 0. The van der Waals surface area contributed by atoms with Crippen LogP contribution in [0.25, 0.3) is 0 Å². The molecule has 340 valence electrons. The lowest BCUT2D eigenvalue weighted by atomic mass is 10.0. The van der Waals surface area contributed by atoms with Gasteiger partial charge in [-0.25, -0.2) is 4.79 Å². The van der Waals surface area contributed by atoms with Gasteiger partial charge in [0.1, 0.15) is 6.10 Å². The normalized spacial score (nSPS) is 12.0. The molecular weight excluding hydrogens is 711 g/mol. The van der Waals surface area contributed by atoms with Crippen LogP contribution in [0.4, 0.5) is 4.79 Å². The van der Waals surface area contributed by atoms with Crippen LogP contribution in [-0.2, 0) is 19.0 Å². The SMILES string of the molecule is CCCCCCCCCCCC(CCCCCC)OC(=O)OCCCCCCCCN(CCCCCCO)CCCCCCCCOC(=O)CCCCCCCC. The Morgan fingerprint density at radius 3 is 1.23 bits per heavy atom. The number of aliphatic hydroxyl groups is 1. The molecule has 0 amide bonds. The van der Waals surface area contributed by atoms with Crippen LogP contribution in [0, 0.1) is 0 Å². The number of hydrogen-bond acceptors (Lipinski definition) is 7. The molecule has 0 aliphatic heterocycles. The molecule has 7 heteroatoms. The summed E-state index contributed by atoms with van der Waals surface area (Å²) in [4.78, 5) is 27.2. The quantitative estimate of drug-likeness (QED) is 0.0484. The summed E-state index contributed by atoms with van der Waals surface area (Å²) in [6.07, 6.45) is 44.5. The first-order valence-corrected chi connectivity index (χ1v) is 25.4. The van der Waals surface area contributed by atoms with Gasteiger partial charge < -0.3 is 24.2 Å². The maximum Gasteiger partial charge on any atom is 0.508 e. The lowest BCUT2D eigenvalue weighted by Gasteiger charge is -2.22. The number of aliphatic hydroxyl groups excluding tert-OH is 1. The molecule has 1 unspecified atom stereocenters. The predicted molar refractivity (Wildman–Crippen MR) is 243 cm³/mol. The molecule has 0 saturated heterocycles. The van der Waals surface area contributed by atoms with Gasteiger partial charge in [0.15, 0.2) is 0 Å². The van der Waals surface area contributed by atoms with Crippen molar-refractivity contribution in [2.75, 3.05) is 39.5 Å². The van der Waals surface area contributed by atoms with E-state index in [-0.39, 0.29) is 12.1 Å². The van der Waals surface area contributed by atoms with Gasteiger partial charge in [0, 0.05) is 13.0 Å². The van der Waals surface area contributed by atoms with Crippen LogP contribution >= 0.6 is 0 Å². The van der Waals surface area contributed by atoms with Crippen molar-refractivity contribution in [1.82, 2.24) is 4.90 Å². The van der Waals surface area contributed by atoms with Gasteiger partial charge in [0.05, 0.1) is 13.2 Å². The topological polar surface area (TPSA) is 85.3 Å². The second-order valence-electron chi connectivity index (χ2n) is 17.3. The molecule has 0 heterocycles. The lowest BCUT2D eigenvalue weighted by molar-refractivity contribution is -0.143. The van der Waals surface area contributed by atoms with Gasteiger partial charge in [-0.05, 0) is 90.3 Å². The van der Waals surface area contributed by atoms with E-state index in [0.717, 1.165) is 77.0 Å². The average molecular weight is 810 g/mol. The van der Waals surface area contributed by atoms with Gasteiger partial charge in [0.25, 0.3) is 0 Å². The van der Waals surface area contributed by atoms with Gasteiger partial charge in [-0.3, -0.25) is 4.79 Å². The number of hydrogen-bond donors (Lipinski definition) is 1. The van der Waals surface area contributed by atoms with Gasteiger partial charge in [-0.15, -0.1) is 0 Å². The fraction of sp³-hybridized carbons (Fsp3) is 0.960. The first kappa shape index (κ1) is 55.7. The molecule has 0 aromatic carbocycles. The zero-order chi connectivity index (χ0) is 41.5. The number of esters is 1. The van der Waals surface area contributed by atoms with Crippen LogP contribution in [0.15, 0.2) is 0 Å². The first-order valence-electron chi connectivity index (χ1n) is 25.4. The van der Waals surface area contributed by atoms with E-state index in [9.17, 15) is 9.59 Å². The molecule has 7 nitrogen and oxygen atoms in total. The smallest absolute Gasteiger partial charge is 0.466 e. The van der Waals surface area contributed by atoms with E-state index in [1.54, 1.807) is 0 Å². The molecule has 0 rings (SSSR count). The number of nitrogens with zero attached hydrogens (tertiary/aromatic N) is 1. The van der Waals surface area contributed by atoms with Crippen molar-refractivity contribution in [3.63, 3.8) is 0 Å². The number of unbranched alkanes of at least 4 members (excludes halogenated alkanes) is 29. The molecule has 0 bridgehead atoms. The zero-order valence-corrected chi connectivity index (χ0v) is 38.6. The summed E-state index contributed by atoms with van der Waals surface area (Å²) in [6.45, 7) is 11.6. The Morgan fingerprint density at radius 1 is 0.421 bits per heavy atom. The fourth-order valence-corrected chi connectivity index (χ4v) is 7.80. The monoisotopic (exact) mass is 810 g/mol. The highest BCUT2D eigenvalue weighted by Gasteiger charge is 2.15. The summed E-state index contributed by atoms with van der Waals surface area (Å²) in [5.74, 6) is -0.0126. The average Bonchev–Trinajstić information content (AvgIpc) is 3.21. The Kier molecular flexibility index (Phi) is 46.2. The predicted octanol–water partition coefficient (Wildman–Crippen LogP) is 15.2. The van der Waals surface area contributed by atoms with Crippen LogP contribution in [0.1, 0.15) is 265 Å². The van der Waals surface area contributed by atoms with E-state index >= 15 is 0 Å². The third-order valence-corrected chi connectivity index (χ3v) is 11.6. The van der Waals surface area contributed by atoms with Crippen LogP contribution in [0.3, 0.4) is 0 Å². The van der Waals surface area contributed by atoms with Crippen LogP contribution in [0.5, 0.6) is 0 Å². The Hall–Kier alpha value is -1.34. The molecular formula is C50H99NO6. The lowest BCUT2D eigenvalue weighted by Crippen LogP contribution is -2.27. The number of ether oxygens (including phenoxy) is 3. The molecule has 0 aliphatic rings. The summed E-state index contributed by atoms with van der Waals surface area (Å²) in [5.41, 5.74) is 0. The minimum Gasteiger partial charge on any atom is -0.466 e. The minimum atomic E-state index is -0.459. The standard InChI is InChI=1S/C50H99NO6/c1-4-7-10-13-15-16-17-22-31-40-48(39-30-12-9-6-3)57-50(54)56-47-38-29-21-19-25-34-43-51(44-35-26-27-36-45-52)42-33-24-18-20-28-37-46-55-49(53)41-32-23-14-11-8-5-2/h48,52H,4-47H2,1-3H3. The van der Waals surface area contributed by atoms with E-state index in [1.165, 1.54) is 180 Å². The second kappa shape index (κ2) is 47.3. The summed E-state index contributed by atoms with van der Waals surface area (Å²) in [6, 6.07) is 0. The molecule has 0 aromatic heterocycles. The Labute approximate surface area is 355 Å². The van der Waals surface area contributed by atoms with Crippen molar-refractivity contribution in [1.29, 1.82) is 0 Å². The van der Waals surface area contributed by atoms with Crippen LogP contribution in [0.2, 0.25) is 0 Å². The van der Waals surface area contributed by atoms with E-state index < -0.39 is 6.16 Å². The Balaban J connectivity index is 4.10. The van der Waals surface area contributed by atoms with Gasteiger partial charge in [0.2, 0.25) is 0 Å². The highest BCUT2D eigenvalue weighted by molar-refractivity contribution is 5.69. The van der Waals surface area contributed by atoms with Crippen LogP contribution < -0.4 is 0 Å². The molecule has 0 radical (unpaired) electrons. The second-order valence-corrected chi connectivity index (χ2v) is 17.3. The molecule has 0 fully saturated rings. The van der Waals surface area contributed by atoms with Crippen LogP contribution in [-0.4, -0.2) is 67.7 Å². The largest absolute Gasteiger partial charge is 0.508 e. The highest BCUT2D eigenvalue weighted by Crippen LogP contribution is 2.18. The molecule has 1 atom stereocenters.